The van der Waals surface area contributed by atoms with Crippen LogP contribution in [0.25, 0.3) is 0 Å². The summed E-state index contributed by atoms with van der Waals surface area (Å²) in [6.07, 6.45) is 2.33. The summed E-state index contributed by atoms with van der Waals surface area (Å²) in [5, 5.41) is 3.38. The second kappa shape index (κ2) is 5.53. The van der Waals surface area contributed by atoms with E-state index in [2.05, 4.69) is 18.3 Å². The summed E-state index contributed by atoms with van der Waals surface area (Å²) in [5.74, 6) is 0.699. The first-order valence-corrected chi connectivity index (χ1v) is 6.63. The fraction of sp³-hybridized carbons (Fsp3) is 0.533. The largest absolute Gasteiger partial charge is 0.345 e. The van der Waals surface area contributed by atoms with Crippen molar-refractivity contribution in [3.8, 4) is 0 Å². The van der Waals surface area contributed by atoms with E-state index in [9.17, 15) is 4.79 Å². The zero-order valence-electron chi connectivity index (χ0n) is 11.5. The minimum Gasteiger partial charge on any atom is -0.345 e. The number of hydrogen-bond acceptors (Lipinski definition) is 2. The SMILES string of the molecule is Cc1c(C(=O)N(C)C)cccc1C1CCNCC1. The summed E-state index contributed by atoms with van der Waals surface area (Å²) in [6, 6.07) is 6.13. The smallest absolute Gasteiger partial charge is 0.253 e. The first-order valence-electron chi connectivity index (χ1n) is 6.63. The number of amides is 1. The molecule has 0 bridgehead atoms. The standard InChI is InChI=1S/C15H22N2O/c1-11-13(12-7-9-16-10-8-12)5-4-6-14(11)15(18)17(2)3/h4-6,12,16H,7-10H2,1-3H3. The van der Waals surface area contributed by atoms with E-state index in [1.54, 1.807) is 19.0 Å². The van der Waals surface area contributed by atoms with Crippen molar-refractivity contribution in [2.45, 2.75) is 25.7 Å². The van der Waals surface area contributed by atoms with Crippen LogP contribution in [0.2, 0.25) is 0 Å². The van der Waals surface area contributed by atoms with Crippen LogP contribution in [0.1, 0.15) is 40.2 Å². The van der Waals surface area contributed by atoms with Crippen LogP contribution in [-0.2, 0) is 0 Å². The van der Waals surface area contributed by atoms with Crippen molar-refractivity contribution in [1.29, 1.82) is 0 Å². The number of hydrogen-bond donors (Lipinski definition) is 1. The molecule has 3 heteroatoms. The molecule has 0 unspecified atom stereocenters. The van der Waals surface area contributed by atoms with Gasteiger partial charge in [-0.15, -0.1) is 0 Å². The van der Waals surface area contributed by atoms with Gasteiger partial charge in [0.15, 0.2) is 0 Å². The van der Waals surface area contributed by atoms with E-state index >= 15 is 0 Å². The van der Waals surface area contributed by atoms with E-state index < -0.39 is 0 Å². The van der Waals surface area contributed by atoms with Crippen LogP contribution in [-0.4, -0.2) is 38.0 Å². The molecule has 1 fully saturated rings. The van der Waals surface area contributed by atoms with Crippen LogP contribution in [0, 0.1) is 6.92 Å². The molecule has 1 aromatic rings. The minimum absolute atomic E-state index is 0.100. The number of benzene rings is 1. The monoisotopic (exact) mass is 246 g/mol. The Bertz CT molecular complexity index is 434. The molecular weight excluding hydrogens is 224 g/mol. The Labute approximate surface area is 109 Å². The predicted octanol–water partition coefficient (Wildman–Crippen LogP) is 2.16. The van der Waals surface area contributed by atoms with Crippen LogP contribution in [0.5, 0.6) is 0 Å². The molecule has 0 aromatic heterocycles. The third kappa shape index (κ3) is 2.56. The van der Waals surface area contributed by atoms with Crippen LogP contribution in [0.4, 0.5) is 0 Å². The zero-order chi connectivity index (χ0) is 13.1. The van der Waals surface area contributed by atoms with Gasteiger partial charge in [0.25, 0.3) is 5.91 Å². The fourth-order valence-corrected chi connectivity index (χ4v) is 2.70. The number of piperidine rings is 1. The number of rotatable bonds is 2. The highest BCUT2D eigenvalue weighted by molar-refractivity contribution is 5.95. The molecule has 1 heterocycles. The Kier molecular flexibility index (Phi) is 4.02. The van der Waals surface area contributed by atoms with Crippen molar-refractivity contribution in [2.24, 2.45) is 0 Å². The number of carbonyl (C=O) groups is 1. The molecule has 1 saturated heterocycles. The summed E-state index contributed by atoms with van der Waals surface area (Å²) < 4.78 is 0. The Morgan fingerprint density at radius 2 is 1.94 bits per heavy atom. The van der Waals surface area contributed by atoms with E-state index in [-0.39, 0.29) is 5.91 Å². The molecule has 1 aromatic carbocycles. The minimum atomic E-state index is 0.100. The van der Waals surface area contributed by atoms with Crippen LogP contribution in [0.15, 0.2) is 18.2 Å². The summed E-state index contributed by atoms with van der Waals surface area (Å²) in [5.41, 5.74) is 3.35. The van der Waals surface area contributed by atoms with E-state index in [4.69, 9.17) is 0 Å². The fourth-order valence-electron chi connectivity index (χ4n) is 2.70. The second-order valence-corrected chi connectivity index (χ2v) is 5.24. The highest BCUT2D eigenvalue weighted by atomic mass is 16.2. The Balaban J connectivity index is 2.32. The molecule has 0 spiro atoms. The van der Waals surface area contributed by atoms with Gasteiger partial charge in [0, 0.05) is 19.7 Å². The molecule has 18 heavy (non-hydrogen) atoms. The lowest BCUT2D eigenvalue weighted by molar-refractivity contribution is 0.0826. The van der Waals surface area contributed by atoms with E-state index in [0.29, 0.717) is 5.92 Å². The van der Waals surface area contributed by atoms with Crippen molar-refractivity contribution in [3.63, 3.8) is 0 Å². The molecular formula is C15H22N2O. The molecule has 3 nitrogen and oxygen atoms in total. The van der Waals surface area contributed by atoms with Gasteiger partial charge in [0.1, 0.15) is 0 Å². The van der Waals surface area contributed by atoms with Gasteiger partial charge in [-0.05, 0) is 56.0 Å². The van der Waals surface area contributed by atoms with Crippen molar-refractivity contribution < 1.29 is 4.79 Å². The normalized spacial score (nSPS) is 16.6. The third-order valence-corrected chi connectivity index (χ3v) is 3.79. The van der Waals surface area contributed by atoms with Gasteiger partial charge < -0.3 is 10.2 Å². The average molecular weight is 246 g/mol. The highest BCUT2D eigenvalue weighted by Crippen LogP contribution is 2.29. The summed E-state index contributed by atoms with van der Waals surface area (Å²) in [7, 11) is 3.61. The first-order chi connectivity index (χ1) is 8.61. The van der Waals surface area contributed by atoms with Crippen molar-refractivity contribution in [2.75, 3.05) is 27.2 Å². The van der Waals surface area contributed by atoms with Crippen molar-refractivity contribution in [3.05, 3.63) is 34.9 Å². The molecule has 0 aliphatic carbocycles. The van der Waals surface area contributed by atoms with E-state index in [0.717, 1.165) is 24.2 Å². The zero-order valence-corrected chi connectivity index (χ0v) is 11.5. The molecule has 0 radical (unpaired) electrons. The maximum absolute atomic E-state index is 12.1. The predicted molar refractivity (Wildman–Crippen MR) is 74.0 cm³/mol. The Morgan fingerprint density at radius 3 is 2.56 bits per heavy atom. The van der Waals surface area contributed by atoms with Gasteiger partial charge in [-0.2, -0.15) is 0 Å². The lowest BCUT2D eigenvalue weighted by Crippen LogP contribution is -2.28. The molecule has 1 aliphatic heterocycles. The summed E-state index contributed by atoms with van der Waals surface area (Å²) in [4.78, 5) is 13.8. The van der Waals surface area contributed by atoms with Gasteiger partial charge >= 0.3 is 0 Å². The lowest BCUT2D eigenvalue weighted by Gasteiger charge is -2.25. The Hall–Kier alpha value is -1.35. The quantitative estimate of drug-likeness (QED) is 0.867. The molecule has 98 valence electrons. The van der Waals surface area contributed by atoms with Crippen LogP contribution in [0.3, 0.4) is 0 Å². The van der Waals surface area contributed by atoms with Crippen molar-refractivity contribution in [1.82, 2.24) is 10.2 Å². The summed E-state index contributed by atoms with van der Waals surface area (Å²) >= 11 is 0. The summed E-state index contributed by atoms with van der Waals surface area (Å²) in [6.45, 7) is 4.24. The van der Waals surface area contributed by atoms with Crippen LogP contribution >= 0.6 is 0 Å². The maximum atomic E-state index is 12.1. The van der Waals surface area contributed by atoms with E-state index in [1.165, 1.54) is 18.4 Å². The van der Waals surface area contributed by atoms with Gasteiger partial charge in [-0.25, -0.2) is 0 Å². The third-order valence-electron chi connectivity index (χ3n) is 3.79. The topological polar surface area (TPSA) is 32.3 Å². The van der Waals surface area contributed by atoms with Gasteiger partial charge in [0.05, 0.1) is 0 Å². The maximum Gasteiger partial charge on any atom is 0.253 e. The first kappa shape index (κ1) is 13.1. The molecule has 0 atom stereocenters. The van der Waals surface area contributed by atoms with Gasteiger partial charge in [-0.1, -0.05) is 12.1 Å². The molecule has 2 rings (SSSR count). The van der Waals surface area contributed by atoms with Crippen LogP contribution < -0.4 is 5.32 Å². The Morgan fingerprint density at radius 1 is 1.28 bits per heavy atom. The van der Waals surface area contributed by atoms with Gasteiger partial charge in [0.2, 0.25) is 0 Å². The second-order valence-electron chi connectivity index (χ2n) is 5.24. The lowest BCUT2D eigenvalue weighted by atomic mass is 9.85. The highest BCUT2D eigenvalue weighted by Gasteiger charge is 2.20. The molecule has 1 amide bonds. The average Bonchev–Trinajstić information content (AvgIpc) is 2.39. The number of carbonyl (C=O) groups excluding carboxylic acids is 1. The molecule has 0 saturated carbocycles. The van der Waals surface area contributed by atoms with Crippen molar-refractivity contribution >= 4 is 5.91 Å². The van der Waals surface area contributed by atoms with E-state index in [1.807, 2.05) is 12.1 Å². The number of nitrogens with one attached hydrogen (secondary N) is 1. The number of nitrogens with zero attached hydrogens (tertiary/aromatic N) is 1. The van der Waals surface area contributed by atoms with Gasteiger partial charge in [-0.3, -0.25) is 4.79 Å². The molecule has 1 aliphatic rings. The molecule has 1 N–H and O–H groups in total.